The van der Waals surface area contributed by atoms with Crippen molar-refractivity contribution in [1.29, 1.82) is 0 Å². The van der Waals surface area contributed by atoms with Crippen LogP contribution in [0.15, 0.2) is 18.2 Å². The van der Waals surface area contributed by atoms with Gasteiger partial charge in [-0.05, 0) is 31.6 Å². The van der Waals surface area contributed by atoms with Crippen LogP contribution in [0.1, 0.15) is 12.5 Å². The second kappa shape index (κ2) is 7.38. The Labute approximate surface area is 123 Å². The highest BCUT2D eigenvalue weighted by atomic mass is 32.2. The minimum Gasteiger partial charge on any atom is -0.312 e. The van der Waals surface area contributed by atoms with Crippen LogP contribution in [0.3, 0.4) is 0 Å². The minimum atomic E-state index is -0.517. The van der Waals surface area contributed by atoms with E-state index in [4.69, 9.17) is 0 Å². The van der Waals surface area contributed by atoms with E-state index in [1.165, 1.54) is 6.07 Å². The van der Waals surface area contributed by atoms with Crippen molar-refractivity contribution in [3.63, 3.8) is 0 Å². The molecule has 1 heterocycles. The van der Waals surface area contributed by atoms with Gasteiger partial charge in [0.05, 0.1) is 0 Å². The van der Waals surface area contributed by atoms with Crippen LogP contribution < -0.4 is 5.32 Å². The van der Waals surface area contributed by atoms with Crippen molar-refractivity contribution in [3.05, 3.63) is 35.4 Å². The summed E-state index contributed by atoms with van der Waals surface area (Å²) in [4.78, 5) is 2.34. The van der Waals surface area contributed by atoms with Crippen LogP contribution >= 0.6 is 11.8 Å². The maximum Gasteiger partial charge on any atom is 0.129 e. The number of nitrogens with one attached hydrogen (secondary N) is 1. The van der Waals surface area contributed by atoms with Gasteiger partial charge in [0.1, 0.15) is 11.6 Å². The van der Waals surface area contributed by atoms with Gasteiger partial charge < -0.3 is 10.2 Å². The molecule has 0 radical (unpaired) electrons. The summed E-state index contributed by atoms with van der Waals surface area (Å²) in [6, 6.07) is 4.44. The number of nitrogens with zero attached hydrogens (tertiary/aromatic N) is 1. The summed E-state index contributed by atoms with van der Waals surface area (Å²) in [5.74, 6) is 1.24. The van der Waals surface area contributed by atoms with Gasteiger partial charge in [-0.1, -0.05) is 13.0 Å². The molecule has 20 heavy (non-hydrogen) atoms. The molecule has 1 N–H and O–H groups in total. The SMILES string of the molecule is CCNC(Cc1ccc(F)cc1F)C1CSCCN1C. The molecule has 1 aromatic rings. The quantitative estimate of drug-likeness (QED) is 0.899. The smallest absolute Gasteiger partial charge is 0.129 e. The van der Waals surface area contributed by atoms with Crippen LogP contribution in [0.5, 0.6) is 0 Å². The molecular weight excluding hydrogens is 278 g/mol. The van der Waals surface area contributed by atoms with Gasteiger partial charge in [0.25, 0.3) is 0 Å². The number of likely N-dealkylation sites (N-methyl/N-ethyl adjacent to an activating group) is 2. The minimum absolute atomic E-state index is 0.192. The lowest BCUT2D eigenvalue weighted by Crippen LogP contribution is -2.53. The first kappa shape index (κ1) is 15.7. The summed E-state index contributed by atoms with van der Waals surface area (Å²) in [5.41, 5.74) is 0.585. The summed E-state index contributed by atoms with van der Waals surface area (Å²) < 4.78 is 26.8. The van der Waals surface area contributed by atoms with Gasteiger partial charge in [-0.3, -0.25) is 0 Å². The van der Waals surface area contributed by atoms with E-state index in [1.54, 1.807) is 6.07 Å². The highest BCUT2D eigenvalue weighted by Crippen LogP contribution is 2.21. The number of halogens is 2. The van der Waals surface area contributed by atoms with Crippen LogP contribution in [0.4, 0.5) is 8.78 Å². The molecule has 5 heteroatoms. The van der Waals surface area contributed by atoms with Gasteiger partial charge in [-0.25, -0.2) is 8.78 Å². The van der Waals surface area contributed by atoms with Crippen LogP contribution in [-0.2, 0) is 6.42 Å². The molecule has 0 aliphatic carbocycles. The van der Waals surface area contributed by atoms with E-state index in [0.717, 1.165) is 30.7 Å². The van der Waals surface area contributed by atoms with Crippen molar-refractivity contribution >= 4 is 11.8 Å². The van der Waals surface area contributed by atoms with E-state index in [1.807, 2.05) is 11.8 Å². The van der Waals surface area contributed by atoms with Crippen LogP contribution in [0, 0.1) is 11.6 Å². The van der Waals surface area contributed by atoms with Gasteiger partial charge in [-0.2, -0.15) is 11.8 Å². The molecule has 1 saturated heterocycles. The van der Waals surface area contributed by atoms with E-state index < -0.39 is 11.6 Å². The highest BCUT2D eigenvalue weighted by Gasteiger charge is 2.28. The number of rotatable bonds is 5. The molecule has 0 amide bonds. The second-order valence-electron chi connectivity index (χ2n) is 5.23. The van der Waals surface area contributed by atoms with E-state index in [9.17, 15) is 8.78 Å². The molecule has 0 bridgehead atoms. The molecule has 0 aromatic heterocycles. The summed E-state index contributed by atoms with van der Waals surface area (Å²) in [7, 11) is 2.12. The Morgan fingerprint density at radius 1 is 1.45 bits per heavy atom. The Morgan fingerprint density at radius 2 is 2.25 bits per heavy atom. The third-order valence-electron chi connectivity index (χ3n) is 3.83. The summed E-state index contributed by atoms with van der Waals surface area (Å²) in [6.07, 6.45) is 0.593. The van der Waals surface area contributed by atoms with Gasteiger partial charge in [0, 0.05) is 36.2 Å². The first-order chi connectivity index (χ1) is 9.61. The topological polar surface area (TPSA) is 15.3 Å². The number of thioether (sulfide) groups is 1. The summed E-state index contributed by atoms with van der Waals surface area (Å²) in [6.45, 7) is 3.97. The molecular formula is C15H22F2N2S. The summed E-state index contributed by atoms with van der Waals surface area (Å²) in [5, 5.41) is 3.46. The van der Waals surface area contributed by atoms with Crippen LogP contribution in [0.25, 0.3) is 0 Å². The third kappa shape index (κ3) is 3.93. The lowest BCUT2D eigenvalue weighted by molar-refractivity contribution is 0.214. The van der Waals surface area contributed by atoms with Crippen molar-refractivity contribution in [2.75, 3.05) is 31.6 Å². The molecule has 2 atom stereocenters. The number of hydrogen-bond donors (Lipinski definition) is 1. The lowest BCUT2D eigenvalue weighted by Gasteiger charge is -2.38. The number of hydrogen-bond acceptors (Lipinski definition) is 3. The molecule has 0 spiro atoms. The Kier molecular flexibility index (Phi) is 5.81. The predicted octanol–water partition coefficient (Wildman–Crippen LogP) is 2.53. The van der Waals surface area contributed by atoms with E-state index in [-0.39, 0.29) is 6.04 Å². The van der Waals surface area contributed by atoms with Crippen molar-refractivity contribution in [2.45, 2.75) is 25.4 Å². The molecule has 2 rings (SSSR count). The van der Waals surface area contributed by atoms with Gasteiger partial charge >= 0.3 is 0 Å². The van der Waals surface area contributed by atoms with Crippen LogP contribution in [-0.4, -0.2) is 48.6 Å². The van der Waals surface area contributed by atoms with E-state index in [2.05, 4.69) is 24.2 Å². The number of benzene rings is 1. The Morgan fingerprint density at radius 3 is 2.90 bits per heavy atom. The van der Waals surface area contributed by atoms with Crippen molar-refractivity contribution < 1.29 is 8.78 Å². The zero-order valence-electron chi connectivity index (χ0n) is 12.0. The first-order valence-corrected chi connectivity index (χ1v) is 8.22. The standard InChI is InChI=1S/C15H22F2N2S/c1-3-18-14(15-10-20-7-6-19(15)2)8-11-4-5-12(16)9-13(11)17/h4-5,9,14-15,18H,3,6-8,10H2,1-2H3. The fraction of sp³-hybridized carbons (Fsp3) is 0.600. The highest BCUT2D eigenvalue weighted by molar-refractivity contribution is 7.99. The third-order valence-corrected chi connectivity index (χ3v) is 4.88. The Balaban J connectivity index is 2.11. The van der Waals surface area contributed by atoms with Crippen LogP contribution in [0.2, 0.25) is 0 Å². The monoisotopic (exact) mass is 300 g/mol. The average molecular weight is 300 g/mol. The average Bonchev–Trinajstić information content (AvgIpc) is 2.42. The Hall–Kier alpha value is -0.650. The molecule has 0 saturated carbocycles. The maximum absolute atomic E-state index is 13.8. The molecule has 112 valence electrons. The second-order valence-corrected chi connectivity index (χ2v) is 6.38. The fourth-order valence-electron chi connectivity index (χ4n) is 2.66. The molecule has 1 aliphatic heterocycles. The largest absolute Gasteiger partial charge is 0.312 e. The lowest BCUT2D eigenvalue weighted by atomic mass is 9.98. The molecule has 1 aromatic carbocycles. The Bertz CT molecular complexity index is 442. The van der Waals surface area contributed by atoms with Gasteiger partial charge in [-0.15, -0.1) is 0 Å². The van der Waals surface area contributed by atoms with E-state index in [0.29, 0.717) is 18.0 Å². The molecule has 2 unspecified atom stereocenters. The van der Waals surface area contributed by atoms with Crippen molar-refractivity contribution in [3.8, 4) is 0 Å². The molecule has 1 fully saturated rings. The first-order valence-electron chi connectivity index (χ1n) is 7.07. The fourth-order valence-corrected chi connectivity index (χ4v) is 3.97. The normalized spacial score (nSPS) is 21.9. The van der Waals surface area contributed by atoms with E-state index >= 15 is 0 Å². The zero-order chi connectivity index (χ0) is 14.5. The summed E-state index contributed by atoms with van der Waals surface area (Å²) >= 11 is 1.94. The molecule has 1 aliphatic rings. The zero-order valence-corrected chi connectivity index (χ0v) is 12.9. The predicted molar refractivity (Wildman–Crippen MR) is 81.3 cm³/mol. The molecule has 2 nitrogen and oxygen atoms in total. The maximum atomic E-state index is 13.8. The van der Waals surface area contributed by atoms with Gasteiger partial charge in [0.15, 0.2) is 0 Å². The van der Waals surface area contributed by atoms with Crippen molar-refractivity contribution in [2.24, 2.45) is 0 Å². The van der Waals surface area contributed by atoms with Crippen molar-refractivity contribution in [1.82, 2.24) is 10.2 Å². The van der Waals surface area contributed by atoms with Gasteiger partial charge in [0.2, 0.25) is 0 Å².